The maximum atomic E-state index is 12.9. The van der Waals surface area contributed by atoms with Crippen molar-refractivity contribution in [1.82, 2.24) is 9.55 Å². The highest BCUT2D eigenvalue weighted by atomic mass is 19.4. The summed E-state index contributed by atoms with van der Waals surface area (Å²) < 4.78 is 45.7. The van der Waals surface area contributed by atoms with E-state index < -0.39 is 17.8 Å². The van der Waals surface area contributed by atoms with Gasteiger partial charge in [0, 0.05) is 29.5 Å². The van der Waals surface area contributed by atoms with Gasteiger partial charge >= 0.3 is 12.2 Å². The monoisotopic (exact) mass is 427 g/mol. The number of nitrogens with zero attached hydrogens (tertiary/aromatic N) is 2. The number of halogens is 3. The number of ether oxygens (including phenoxy) is 1. The third-order valence-electron chi connectivity index (χ3n) is 4.51. The van der Waals surface area contributed by atoms with E-state index in [9.17, 15) is 23.1 Å². The van der Waals surface area contributed by atoms with Gasteiger partial charge in [-0.05, 0) is 48.5 Å². The molecule has 2 N–H and O–H groups in total. The van der Waals surface area contributed by atoms with Crippen LogP contribution in [-0.4, -0.2) is 20.7 Å². The number of amides is 1. The van der Waals surface area contributed by atoms with Gasteiger partial charge in [-0.2, -0.15) is 13.2 Å². The fraction of sp³-hybridized carbons (Fsp3) is 0.0909. The van der Waals surface area contributed by atoms with Gasteiger partial charge in [0.15, 0.2) is 0 Å². The van der Waals surface area contributed by atoms with Crippen molar-refractivity contribution < 1.29 is 27.8 Å². The number of aliphatic hydroxyl groups is 1. The summed E-state index contributed by atoms with van der Waals surface area (Å²) in [4.78, 5) is 16.6. The SMILES string of the molecule is O=C(Nc1cccc(C(F)(F)F)c1)n1ccc2cc(Oc3ccnc(CO)c3)ccc21. The number of fused-ring (bicyclic) bond motifs is 1. The Morgan fingerprint density at radius 3 is 2.65 bits per heavy atom. The van der Waals surface area contributed by atoms with Crippen molar-refractivity contribution in [3.05, 3.63) is 84.3 Å². The molecule has 9 heteroatoms. The lowest BCUT2D eigenvalue weighted by Gasteiger charge is -2.11. The second-order valence-electron chi connectivity index (χ2n) is 6.66. The van der Waals surface area contributed by atoms with E-state index in [4.69, 9.17) is 4.74 Å². The van der Waals surface area contributed by atoms with E-state index in [1.54, 1.807) is 36.4 Å². The Morgan fingerprint density at radius 1 is 1.06 bits per heavy atom. The van der Waals surface area contributed by atoms with Crippen LogP contribution in [0.2, 0.25) is 0 Å². The maximum absolute atomic E-state index is 12.9. The highest BCUT2D eigenvalue weighted by molar-refractivity contribution is 5.98. The van der Waals surface area contributed by atoms with Crippen LogP contribution in [0.1, 0.15) is 11.3 Å². The van der Waals surface area contributed by atoms with Crippen LogP contribution in [0, 0.1) is 0 Å². The van der Waals surface area contributed by atoms with Gasteiger partial charge in [0.2, 0.25) is 0 Å². The number of carbonyl (C=O) groups is 1. The smallest absolute Gasteiger partial charge is 0.416 e. The highest BCUT2D eigenvalue weighted by Gasteiger charge is 2.30. The van der Waals surface area contributed by atoms with Gasteiger partial charge in [-0.15, -0.1) is 0 Å². The zero-order valence-corrected chi connectivity index (χ0v) is 15.9. The van der Waals surface area contributed by atoms with Gasteiger partial charge in [0.05, 0.1) is 23.4 Å². The quantitative estimate of drug-likeness (QED) is 0.456. The van der Waals surface area contributed by atoms with Crippen molar-refractivity contribution in [1.29, 1.82) is 0 Å². The molecule has 0 aliphatic carbocycles. The number of aliphatic hydroxyl groups excluding tert-OH is 1. The number of anilines is 1. The number of hydrogen-bond acceptors (Lipinski definition) is 4. The van der Waals surface area contributed by atoms with Crippen LogP contribution in [-0.2, 0) is 12.8 Å². The first kappa shape index (κ1) is 20.4. The van der Waals surface area contributed by atoms with Crippen molar-refractivity contribution in [2.45, 2.75) is 12.8 Å². The summed E-state index contributed by atoms with van der Waals surface area (Å²) in [5, 5.41) is 12.4. The number of carbonyl (C=O) groups excluding carboxylic acids is 1. The zero-order chi connectivity index (χ0) is 22.0. The summed E-state index contributed by atoms with van der Waals surface area (Å²) in [7, 11) is 0. The molecule has 0 aliphatic heterocycles. The first-order chi connectivity index (χ1) is 14.8. The lowest BCUT2D eigenvalue weighted by molar-refractivity contribution is -0.137. The van der Waals surface area contributed by atoms with E-state index in [1.165, 1.54) is 29.1 Å². The summed E-state index contributed by atoms with van der Waals surface area (Å²) in [6.07, 6.45) is -1.45. The maximum Gasteiger partial charge on any atom is 0.416 e. The Bertz CT molecular complexity index is 1250. The summed E-state index contributed by atoms with van der Waals surface area (Å²) in [6.45, 7) is -0.208. The van der Waals surface area contributed by atoms with Crippen molar-refractivity contribution in [2.75, 3.05) is 5.32 Å². The van der Waals surface area contributed by atoms with Crippen LogP contribution >= 0.6 is 0 Å². The Balaban J connectivity index is 1.54. The summed E-state index contributed by atoms with van der Waals surface area (Å²) in [5.41, 5.74) is 0.225. The molecule has 0 fully saturated rings. The van der Waals surface area contributed by atoms with Gasteiger partial charge in [0.25, 0.3) is 0 Å². The molecule has 31 heavy (non-hydrogen) atoms. The summed E-state index contributed by atoms with van der Waals surface area (Å²) >= 11 is 0. The van der Waals surface area contributed by atoms with E-state index in [2.05, 4.69) is 10.3 Å². The minimum Gasteiger partial charge on any atom is -0.457 e. The standard InChI is InChI=1S/C22H16F3N3O3/c23-22(24,25)15-2-1-3-16(11-15)27-21(30)28-9-7-14-10-18(4-5-20(14)28)31-19-6-8-26-17(12-19)13-29/h1-12,29H,13H2,(H,27,30). The van der Waals surface area contributed by atoms with E-state index >= 15 is 0 Å². The fourth-order valence-electron chi connectivity index (χ4n) is 3.06. The Morgan fingerprint density at radius 2 is 1.87 bits per heavy atom. The van der Waals surface area contributed by atoms with Gasteiger partial charge in [-0.3, -0.25) is 9.55 Å². The van der Waals surface area contributed by atoms with Gasteiger partial charge in [0.1, 0.15) is 11.5 Å². The lowest BCUT2D eigenvalue weighted by Crippen LogP contribution is -2.18. The molecule has 0 atom stereocenters. The normalized spacial score (nSPS) is 11.5. The number of aromatic nitrogens is 2. The van der Waals surface area contributed by atoms with Crippen molar-refractivity contribution >= 4 is 22.6 Å². The number of benzene rings is 2. The van der Waals surface area contributed by atoms with Crippen LogP contribution in [0.3, 0.4) is 0 Å². The lowest BCUT2D eigenvalue weighted by atomic mass is 10.2. The van der Waals surface area contributed by atoms with Crippen molar-refractivity contribution in [3.63, 3.8) is 0 Å². The molecule has 2 aromatic heterocycles. The molecule has 0 unspecified atom stereocenters. The van der Waals surface area contributed by atoms with E-state index in [0.29, 0.717) is 28.1 Å². The van der Waals surface area contributed by atoms with Crippen LogP contribution in [0.5, 0.6) is 11.5 Å². The molecule has 6 nitrogen and oxygen atoms in total. The third kappa shape index (κ3) is 4.51. The van der Waals surface area contributed by atoms with Gasteiger partial charge in [-0.1, -0.05) is 6.07 Å². The first-order valence-corrected chi connectivity index (χ1v) is 9.17. The molecule has 2 heterocycles. The summed E-state index contributed by atoms with van der Waals surface area (Å²) in [5.74, 6) is 1.01. The van der Waals surface area contributed by atoms with E-state index in [0.717, 1.165) is 12.1 Å². The average Bonchev–Trinajstić information content (AvgIpc) is 3.17. The fourth-order valence-corrected chi connectivity index (χ4v) is 3.06. The highest BCUT2D eigenvalue weighted by Crippen LogP contribution is 2.31. The molecule has 0 saturated heterocycles. The molecule has 0 saturated carbocycles. The molecule has 0 radical (unpaired) electrons. The predicted octanol–water partition coefficient (Wildman–Crippen LogP) is 5.42. The Kier molecular flexibility index (Phi) is 5.35. The Hall–Kier alpha value is -3.85. The van der Waals surface area contributed by atoms with Gasteiger partial charge in [-0.25, -0.2) is 4.79 Å². The molecule has 1 amide bonds. The molecule has 4 rings (SSSR count). The van der Waals surface area contributed by atoms with E-state index in [-0.39, 0.29) is 12.3 Å². The third-order valence-corrected chi connectivity index (χ3v) is 4.51. The second kappa shape index (κ2) is 8.11. The zero-order valence-electron chi connectivity index (χ0n) is 15.9. The largest absolute Gasteiger partial charge is 0.457 e. The molecule has 0 bridgehead atoms. The second-order valence-corrected chi connectivity index (χ2v) is 6.66. The van der Waals surface area contributed by atoms with Crippen LogP contribution in [0.15, 0.2) is 73.1 Å². The minimum atomic E-state index is -4.50. The summed E-state index contributed by atoms with van der Waals surface area (Å²) in [6, 6.07) is 13.9. The van der Waals surface area contributed by atoms with Crippen molar-refractivity contribution in [2.24, 2.45) is 0 Å². The van der Waals surface area contributed by atoms with Gasteiger partial charge < -0.3 is 15.2 Å². The number of rotatable bonds is 4. The van der Waals surface area contributed by atoms with Crippen LogP contribution < -0.4 is 10.1 Å². The van der Waals surface area contributed by atoms with Crippen LogP contribution in [0.4, 0.5) is 23.7 Å². The molecule has 4 aromatic rings. The molecule has 0 spiro atoms. The minimum absolute atomic E-state index is 0.0407. The Labute approximate surface area is 174 Å². The van der Waals surface area contributed by atoms with Crippen molar-refractivity contribution in [3.8, 4) is 11.5 Å². The molecule has 158 valence electrons. The number of hydrogen-bond donors (Lipinski definition) is 2. The molecular formula is C22H16F3N3O3. The molecular weight excluding hydrogens is 411 g/mol. The van der Waals surface area contributed by atoms with E-state index in [1.807, 2.05) is 0 Å². The topological polar surface area (TPSA) is 76.4 Å². The number of pyridine rings is 1. The number of nitrogens with one attached hydrogen (secondary N) is 1. The molecule has 2 aromatic carbocycles. The molecule has 0 aliphatic rings. The average molecular weight is 427 g/mol. The number of alkyl halides is 3. The van der Waals surface area contributed by atoms with Crippen LogP contribution in [0.25, 0.3) is 10.9 Å². The predicted molar refractivity (Wildman–Crippen MR) is 108 cm³/mol. The first-order valence-electron chi connectivity index (χ1n) is 9.17.